The lowest BCUT2D eigenvalue weighted by Gasteiger charge is -2.07. The van der Waals surface area contributed by atoms with Crippen molar-refractivity contribution in [2.24, 2.45) is 0 Å². The van der Waals surface area contributed by atoms with Gasteiger partial charge < -0.3 is 10.6 Å². The predicted molar refractivity (Wildman–Crippen MR) is 81.3 cm³/mol. The van der Waals surface area contributed by atoms with Crippen LogP contribution in [0.4, 0.5) is 14.9 Å². The molecule has 0 aliphatic heterocycles. The maximum absolute atomic E-state index is 12.7. The highest BCUT2D eigenvalue weighted by molar-refractivity contribution is 9.10. The minimum atomic E-state index is -0.255. The van der Waals surface area contributed by atoms with Gasteiger partial charge in [-0.25, -0.2) is 9.18 Å². The third-order valence-electron chi connectivity index (χ3n) is 2.71. The number of hydrogen-bond donors (Lipinski definition) is 2. The number of urea groups is 1. The first-order valence-corrected chi connectivity index (χ1v) is 6.97. The molecule has 0 radical (unpaired) electrons. The van der Waals surface area contributed by atoms with E-state index in [9.17, 15) is 9.18 Å². The van der Waals surface area contributed by atoms with E-state index in [1.54, 1.807) is 12.1 Å². The van der Waals surface area contributed by atoms with Gasteiger partial charge in [-0.3, -0.25) is 0 Å². The van der Waals surface area contributed by atoms with Crippen molar-refractivity contribution in [3.8, 4) is 0 Å². The van der Waals surface area contributed by atoms with Gasteiger partial charge >= 0.3 is 6.03 Å². The van der Waals surface area contributed by atoms with Crippen LogP contribution in [0.15, 0.2) is 53.0 Å². The lowest BCUT2D eigenvalue weighted by Crippen LogP contribution is -2.30. The summed E-state index contributed by atoms with van der Waals surface area (Å²) in [6.45, 7) is 0.494. The Bertz CT molecular complexity index is 569. The Morgan fingerprint density at radius 3 is 2.35 bits per heavy atom. The van der Waals surface area contributed by atoms with Gasteiger partial charge in [-0.05, 0) is 48.4 Å². The topological polar surface area (TPSA) is 41.1 Å². The Balaban J connectivity index is 1.75. The number of amides is 2. The number of carbonyl (C=O) groups is 1. The highest BCUT2D eigenvalue weighted by Crippen LogP contribution is 2.13. The van der Waals surface area contributed by atoms with Crippen LogP contribution in [0.25, 0.3) is 0 Å². The van der Waals surface area contributed by atoms with Gasteiger partial charge in [-0.15, -0.1) is 0 Å². The standard InChI is InChI=1S/C15H14BrFN2O/c16-12-3-7-14(8-4-12)19-15(20)18-10-9-11-1-5-13(17)6-2-11/h1-8H,9-10H2,(H2,18,19,20). The van der Waals surface area contributed by atoms with Crippen molar-refractivity contribution < 1.29 is 9.18 Å². The zero-order valence-corrected chi connectivity index (χ0v) is 12.3. The van der Waals surface area contributed by atoms with Crippen LogP contribution in [-0.2, 0) is 6.42 Å². The van der Waals surface area contributed by atoms with Crippen molar-refractivity contribution in [1.29, 1.82) is 0 Å². The van der Waals surface area contributed by atoms with E-state index in [0.29, 0.717) is 13.0 Å². The van der Waals surface area contributed by atoms with Gasteiger partial charge in [0, 0.05) is 16.7 Å². The monoisotopic (exact) mass is 336 g/mol. The maximum Gasteiger partial charge on any atom is 0.319 e. The summed E-state index contributed by atoms with van der Waals surface area (Å²) in [5.41, 5.74) is 1.71. The van der Waals surface area contributed by atoms with Crippen LogP contribution in [0, 0.1) is 5.82 Å². The molecule has 2 aromatic carbocycles. The molecule has 20 heavy (non-hydrogen) atoms. The van der Waals surface area contributed by atoms with E-state index in [-0.39, 0.29) is 11.8 Å². The normalized spacial score (nSPS) is 10.1. The van der Waals surface area contributed by atoms with Crippen molar-refractivity contribution >= 4 is 27.6 Å². The molecule has 104 valence electrons. The fourth-order valence-corrected chi connectivity index (χ4v) is 1.94. The Morgan fingerprint density at radius 2 is 1.70 bits per heavy atom. The summed E-state index contributed by atoms with van der Waals surface area (Å²) in [5, 5.41) is 5.49. The third kappa shape index (κ3) is 4.66. The van der Waals surface area contributed by atoms with Gasteiger partial charge in [-0.1, -0.05) is 28.1 Å². The quantitative estimate of drug-likeness (QED) is 0.871. The summed E-state index contributed by atoms with van der Waals surface area (Å²) < 4.78 is 13.7. The first kappa shape index (κ1) is 14.5. The zero-order valence-electron chi connectivity index (χ0n) is 10.7. The van der Waals surface area contributed by atoms with Gasteiger partial charge in [0.15, 0.2) is 0 Å². The van der Waals surface area contributed by atoms with Crippen LogP contribution in [0.2, 0.25) is 0 Å². The van der Waals surface area contributed by atoms with E-state index < -0.39 is 0 Å². The molecule has 0 saturated heterocycles. The second-order valence-electron chi connectivity index (χ2n) is 4.26. The summed E-state index contributed by atoms with van der Waals surface area (Å²) >= 11 is 3.33. The molecular formula is C15H14BrFN2O. The highest BCUT2D eigenvalue weighted by atomic mass is 79.9. The minimum Gasteiger partial charge on any atom is -0.338 e. The molecule has 0 spiro atoms. The number of anilines is 1. The van der Waals surface area contributed by atoms with Crippen molar-refractivity contribution in [3.63, 3.8) is 0 Å². The van der Waals surface area contributed by atoms with Gasteiger partial charge in [-0.2, -0.15) is 0 Å². The molecule has 0 aromatic heterocycles. The minimum absolute atomic E-state index is 0.255. The van der Waals surface area contributed by atoms with Crippen LogP contribution < -0.4 is 10.6 Å². The third-order valence-corrected chi connectivity index (χ3v) is 3.24. The van der Waals surface area contributed by atoms with Crippen molar-refractivity contribution in [3.05, 3.63) is 64.4 Å². The lowest BCUT2D eigenvalue weighted by atomic mass is 10.1. The molecule has 0 bridgehead atoms. The van der Waals surface area contributed by atoms with E-state index in [1.807, 2.05) is 24.3 Å². The number of halogens is 2. The molecule has 0 aliphatic carbocycles. The first-order valence-electron chi connectivity index (χ1n) is 6.18. The van der Waals surface area contributed by atoms with Gasteiger partial charge in [0.2, 0.25) is 0 Å². The van der Waals surface area contributed by atoms with Crippen LogP contribution in [0.1, 0.15) is 5.56 Å². The fourth-order valence-electron chi connectivity index (χ4n) is 1.68. The van der Waals surface area contributed by atoms with Crippen LogP contribution in [-0.4, -0.2) is 12.6 Å². The van der Waals surface area contributed by atoms with E-state index in [4.69, 9.17) is 0 Å². The second kappa shape index (κ2) is 7.05. The molecule has 2 aromatic rings. The molecule has 0 atom stereocenters. The molecule has 2 N–H and O–H groups in total. The average Bonchev–Trinajstić information content (AvgIpc) is 2.44. The van der Waals surface area contributed by atoms with Crippen molar-refractivity contribution in [1.82, 2.24) is 5.32 Å². The van der Waals surface area contributed by atoms with Gasteiger partial charge in [0.1, 0.15) is 5.82 Å². The molecule has 3 nitrogen and oxygen atoms in total. The van der Waals surface area contributed by atoms with Gasteiger partial charge in [0.25, 0.3) is 0 Å². The Morgan fingerprint density at radius 1 is 1.05 bits per heavy atom. The average molecular weight is 337 g/mol. The van der Waals surface area contributed by atoms with E-state index in [0.717, 1.165) is 15.7 Å². The maximum atomic E-state index is 12.7. The molecule has 0 aliphatic rings. The molecule has 2 rings (SSSR count). The summed E-state index contributed by atoms with van der Waals surface area (Å²) in [7, 11) is 0. The van der Waals surface area contributed by atoms with Crippen LogP contribution in [0.5, 0.6) is 0 Å². The number of rotatable bonds is 4. The first-order chi connectivity index (χ1) is 9.63. The van der Waals surface area contributed by atoms with Crippen molar-refractivity contribution in [2.45, 2.75) is 6.42 Å². The molecule has 2 amide bonds. The summed E-state index contributed by atoms with van der Waals surface area (Å²) in [5.74, 6) is -0.255. The Kier molecular flexibility index (Phi) is 5.12. The largest absolute Gasteiger partial charge is 0.338 e. The molecule has 0 saturated carbocycles. The SMILES string of the molecule is O=C(NCCc1ccc(F)cc1)Nc1ccc(Br)cc1. The molecule has 5 heteroatoms. The smallest absolute Gasteiger partial charge is 0.319 e. The van der Waals surface area contributed by atoms with Crippen molar-refractivity contribution in [2.75, 3.05) is 11.9 Å². The molecule has 0 heterocycles. The number of hydrogen-bond acceptors (Lipinski definition) is 1. The lowest BCUT2D eigenvalue weighted by molar-refractivity contribution is 0.252. The van der Waals surface area contributed by atoms with Crippen LogP contribution >= 0.6 is 15.9 Å². The highest BCUT2D eigenvalue weighted by Gasteiger charge is 2.01. The second-order valence-corrected chi connectivity index (χ2v) is 5.18. The fraction of sp³-hybridized carbons (Fsp3) is 0.133. The van der Waals surface area contributed by atoms with E-state index in [2.05, 4.69) is 26.6 Å². The molecular weight excluding hydrogens is 323 g/mol. The van der Waals surface area contributed by atoms with Gasteiger partial charge in [0.05, 0.1) is 0 Å². The number of benzene rings is 2. The Labute approximate surface area is 125 Å². The summed E-state index contributed by atoms with van der Waals surface area (Å²) in [6, 6.07) is 13.3. The molecule has 0 unspecified atom stereocenters. The van der Waals surface area contributed by atoms with E-state index in [1.165, 1.54) is 12.1 Å². The number of nitrogens with one attached hydrogen (secondary N) is 2. The van der Waals surface area contributed by atoms with E-state index >= 15 is 0 Å². The van der Waals surface area contributed by atoms with Crippen LogP contribution in [0.3, 0.4) is 0 Å². The predicted octanol–water partition coefficient (Wildman–Crippen LogP) is 3.95. The summed E-state index contributed by atoms with van der Waals surface area (Å²) in [6.07, 6.45) is 0.661. The molecule has 0 fully saturated rings. The summed E-state index contributed by atoms with van der Waals surface area (Å²) in [4.78, 5) is 11.6. The zero-order chi connectivity index (χ0) is 14.4. The number of carbonyl (C=O) groups excluding carboxylic acids is 1. The Hall–Kier alpha value is -1.88.